The van der Waals surface area contributed by atoms with Gasteiger partial charge in [-0.3, -0.25) is 10.1 Å². The van der Waals surface area contributed by atoms with E-state index >= 15 is 0 Å². The van der Waals surface area contributed by atoms with Crippen molar-refractivity contribution in [1.82, 2.24) is 4.98 Å². The smallest absolute Gasteiger partial charge is 0.371 e. The molecule has 0 unspecified atom stereocenters. The molecule has 1 saturated heterocycles. The minimum Gasteiger partial charge on any atom is -0.371 e. The minimum absolute atomic E-state index is 0.0552. The van der Waals surface area contributed by atoms with Crippen molar-refractivity contribution in [2.24, 2.45) is 5.92 Å². The fraction of sp³-hybridized carbons (Fsp3) is 0.318. The number of hydrogen-bond acceptors (Lipinski definition) is 2. The van der Waals surface area contributed by atoms with Crippen LogP contribution in [0.15, 0.2) is 54.7 Å². The van der Waals surface area contributed by atoms with Gasteiger partial charge in [0.1, 0.15) is 0 Å². The highest BCUT2D eigenvalue weighted by Gasteiger charge is 2.33. The van der Waals surface area contributed by atoms with E-state index in [0.29, 0.717) is 12.0 Å². The summed E-state index contributed by atoms with van der Waals surface area (Å²) in [5.41, 5.74) is 1.59. The van der Waals surface area contributed by atoms with Gasteiger partial charge in [-0.25, -0.2) is 0 Å². The van der Waals surface area contributed by atoms with Gasteiger partial charge in [0.15, 0.2) is 5.75 Å². The number of pyridine rings is 1. The Labute approximate surface area is 161 Å². The molecule has 1 fully saturated rings. The van der Waals surface area contributed by atoms with Gasteiger partial charge in [-0.2, -0.15) is 13.2 Å². The highest BCUT2D eigenvalue weighted by Crippen LogP contribution is 2.35. The van der Waals surface area contributed by atoms with Crippen molar-refractivity contribution in [2.75, 3.05) is 18.0 Å². The monoisotopic (exact) mass is 385 g/mol. The largest absolute Gasteiger partial charge is 0.416 e. The summed E-state index contributed by atoms with van der Waals surface area (Å²) in [4.78, 5) is 6.51. The van der Waals surface area contributed by atoms with Crippen LogP contribution in [0.5, 0.6) is 5.75 Å². The minimum atomic E-state index is -4.32. The molecule has 145 valence electrons. The molecule has 0 spiro atoms. The average Bonchev–Trinajstić information content (AvgIpc) is 2.68. The number of hydrogen-bond donors (Lipinski definition) is 0. The molecule has 0 aliphatic carbocycles. The fourth-order valence-corrected chi connectivity index (χ4v) is 4.05. The van der Waals surface area contributed by atoms with Gasteiger partial charge in [-0.15, -0.1) is 0 Å². The van der Waals surface area contributed by atoms with E-state index in [-0.39, 0.29) is 11.7 Å². The summed E-state index contributed by atoms with van der Waals surface area (Å²) < 4.78 is 39.7. The standard InChI is InChI=1S/C22H20F3N2O/c23-22(24,25)19-4-2-1-3-16(19)13-15-8-11-27(12-9-15)21-7-10-26-20-6-5-17(28)14-18(20)21/h1-7,10,14-15H,8-9,11-13H2. The lowest BCUT2D eigenvalue weighted by Gasteiger charge is -2.34. The van der Waals surface area contributed by atoms with Crippen LogP contribution in [0.2, 0.25) is 0 Å². The van der Waals surface area contributed by atoms with E-state index in [1.165, 1.54) is 12.1 Å². The Morgan fingerprint density at radius 3 is 2.54 bits per heavy atom. The number of nitrogens with zero attached hydrogens (tertiary/aromatic N) is 2. The average molecular weight is 385 g/mol. The summed E-state index contributed by atoms with van der Waals surface area (Å²) in [6, 6.07) is 12.6. The zero-order chi connectivity index (χ0) is 19.7. The zero-order valence-corrected chi connectivity index (χ0v) is 15.2. The summed E-state index contributed by atoms with van der Waals surface area (Å²) in [5, 5.41) is 12.6. The number of rotatable bonds is 3. The Hall–Kier alpha value is -2.76. The van der Waals surface area contributed by atoms with Crippen molar-refractivity contribution < 1.29 is 18.3 Å². The van der Waals surface area contributed by atoms with E-state index in [0.717, 1.165) is 48.6 Å². The van der Waals surface area contributed by atoms with Crippen molar-refractivity contribution in [3.8, 4) is 5.75 Å². The second kappa shape index (κ2) is 7.34. The predicted molar refractivity (Wildman–Crippen MR) is 102 cm³/mol. The number of piperidine rings is 1. The Bertz CT molecular complexity index is 979. The predicted octanol–water partition coefficient (Wildman–Crippen LogP) is 5.86. The number of fused-ring (bicyclic) bond motifs is 1. The van der Waals surface area contributed by atoms with E-state index in [1.54, 1.807) is 30.5 Å². The molecule has 0 amide bonds. The SMILES string of the molecule is [O]c1ccc2nccc(N3CCC(Cc4ccccc4C(F)(F)F)CC3)c2c1. The molecule has 0 atom stereocenters. The molecule has 4 rings (SSSR count). The zero-order valence-electron chi connectivity index (χ0n) is 15.2. The van der Waals surface area contributed by atoms with E-state index in [1.807, 2.05) is 6.07 Å². The van der Waals surface area contributed by atoms with Crippen LogP contribution in [0.3, 0.4) is 0 Å². The van der Waals surface area contributed by atoms with Crippen molar-refractivity contribution in [3.63, 3.8) is 0 Å². The van der Waals surface area contributed by atoms with Crippen LogP contribution in [0.1, 0.15) is 24.0 Å². The van der Waals surface area contributed by atoms with Crippen LogP contribution < -0.4 is 4.90 Å². The summed E-state index contributed by atoms with van der Waals surface area (Å²) in [7, 11) is 0. The number of alkyl halides is 3. The van der Waals surface area contributed by atoms with Gasteiger partial charge in [0.2, 0.25) is 0 Å². The summed E-state index contributed by atoms with van der Waals surface area (Å²) >= 11 is 0. The molecule has 1 aliphatic rings. The van der Waals surface area contributed by atoms with Gasteiger partial charge in [0, 0.05) is 30.4 Å². The van der Waals surface area contributed by atoms with Crippen LogP contribution in [-0.2, 0) is 17.7 Å². The van der Waals surface area contributed by atoms with Crippen molar-refractivity contribution in [1.29, 1.82) is 0 Å². The molecule has 3 nitrogen and oxygen atoms in total. The Morgan fingerprint density at radius 2 is 1.79 bits per heavy atom. The van der Waals surface area contributed by atoms with Gasteiger partial charge in [-0.05, 0) is 61.1 Å². The molecule has 1 aliphatic heterocycles. The summed E-state index contributed by atoms with van der Waals surface area (Å²) in [6.07, 6.45) is -0.525. The number of benzene rings is 2. The third-order valence-electron chi connectivity index (χ3n) is 5.48. The first-order valence-electron chi connectivity index (χ1n) is 9.37. The quantitative estimate of drug-likeness (QED) is 0.566. The molecule has 2 aromatic carbocycles. The molecule has 1 aromatic heterocycles. The second-order valence-corrected chi connectivity index (χ2v) is 7.30. The van der Waals surface area contributed by atoms with E-state index in [4.69, 9.17) is 0 Å². The molecule has 0 N–H and O–H groups in total. The van der Waals surface area contributed by atoms with Crippen molar-refractivity contribution >= 4 is 16.6 Å². The summed E-state index contributed by atoms with van der Waals surface area (Å²) in [6.45, 7) is 1.50. The molecule has 6 heteroatoms. The molecule has 28 heavy (non-hydrogen) atoms. The van der Waals surface area contributed by atoms with Crippen LogP contribution in [-0.4, -0.2) is 18.1 Å². The molecule has 0 saturated carbocycles. The van der Waals surface area contributed by atoms with Crippen LogP contribution in [0.25, 0.3) is 10.9 Å². The van der Waals surface area contributed by atoms with E-state index < -0.39 is 11.7 Å². The van der Waals surface area contributed by atoms with E-state index in [2.05, 4.69) is 9.88 Å². The molecule has 2 heterocycles. The highest BCUT2D eigenvalue weighted by atomic mass is 19.4. The fourth-order valence-electron chi connectivity index (χ4n) is 4.05. The highest BCUT2D eigenvalue weighted by molar-refractivity contribution is 5.92. The second-order valence-electron chi connectivity index (χ2n) is 7.30. The lowest BCUT2D eigenvalue weighted by molar-refractivity contribution is -0.138. The normalized spacial score (nSPS) is 15.9. The Balaban J connectivity index is 1.49. The first-order chi connectivity index (χ1) is 13.4. The lowest BCUT2D eigenvalue weighted by Crippen LogP contribution is -2.34. The number of halogens is 3. The maximum absolute atomic E-state index is 13.2. The van der Waals surface area contributed by atoms with Gasteiger partial charge in [0.25, 0.3) is 0 Å². The van der Waals surface area contributed by atoms with Gasteiger partial charge in [0.05, 0.1) is 11.1 Å². The van der Waals surface area contributed by atoms with Gasteiger partial charge in [-0.1, -0.05) is 18.2 Å². The third kappa shape index (κ3) is 3.77. The van der Waals surface area contributed by atoms with Crippen molar-refractivity contribution in [3.05, 3.63) is 65.9 Å². The lowest BCUT2D eigenvalue weighted by atomic mass is 9.88. The topological polar surface area (TPSA) is 36.0 Å². The number of anilines is 1. The maximum atomic E-state index is 13.2. The van der Waals surface area contributed by atoms with Crippen LogP contribution in [0.4, 0.5) is 18.9 Å². The molecule has 3 aromatic rings. The van der Waals surface area contributed by atoms with Crippen molar-refractivity contribution in [2.45, 2.75) is 25.4 Å². The third-order valence-corrected chi connectivity index (χ3v) is 5.48. The van der Waals surface area contributed by atoms with Gasteiger partial charge < -0.3 is 4.90 Å². The van der Waals surface area contributed by atoms with Gasteiger partial charge >= 0.3 is 6.18 Å². The first-order valence-corrected chi connectivity index (χ1v) is 9.37. The molecular weight excluding hydrogens is 365 g/mol. The first kappa shape index (κ1) is 18.6. The van der Waals surface area contributed by atoms with E-state index in [9.17, 15) is 18.3 Å². The maximum Gasteiger partial charge on any atom is 0.416 e. The molecule has 1 radical (unpaired) electrons. The molecular formula is C22H20F3N2O. The molecule has 0 bridgehead atoms. The Kier molecular flexibility index (Phi) is 4.87. The van der Waals surface area contributed by atoms with Crippen LogP contribution >= 0.6 is 0 Å². The number of aromatic nitrogens is 1. The summed E-state index contributed by atoms with van der Waals surface area (Å²) in [5.74, 6) is 0.156. The van der Waals surface area contributed by atoms with Crippen LogP contribution in [0, 0.1) is 5.92 Å². The Morgan fingerprint density at radius 1 is 1.04 bits per heavy atom.